The average molecular weight is 251 g/mol. The molecule has 92 valence electrons. The van der Waals surface area contributed by atoms with Gasteiger partial charge in [-0.3, -0.25) is 5.10 Å². The fraction of sp³-hybridized carbons (Fsp3) is 0.167. The van der Waals surface area contributed by atoms with Crippen LogP contribution in [0.15, 0.2) is 18.5 Å². The monoisotopic (exact) mass is 251 g/mol. The zero-order chi connectivity index (χ0) is 12.8. The maximum atomic E-state index is 9.10. The Morgan fingerprint density at radius 2 is 2.26 bits per heavy atom. The van der Waals surface area contributed by atoms with Crippen molar-refractivity contribution >= 4 is 16.7 Å². The number of H-pyrrole nitrogens is 2. The van der Waals surface area contributed by atoms with Crippen LogP contribution in [0, 0.1) is 11.3 Å². The fourth-order valence-electron chi connectivity index (χ4n) is 2.38. The topological polar surface area (TPSA) is 106 Å². The van der Waals surface area contributed by atoms with Crippen LogP contribution in [-0.2, 0) is 0 Å². The van der Waals surface area contributed by atoms with Crippen molar-refractivity contribution in [3.63, 3.8) is 0 Å². The summed E-state index contributed by atoms with van der Waals surface area (Å²) in [5.41, 5.74) is 3.74. The maximum absolute atomic E-state index is 9.10. The summed E-state index contributed by atoms with van der Waals surface area (Å²) in [7, 11) is 0. The van der Waals surface area contributed by atoms with Crippen LogP contribution < -0.4 is 5.32 Å². The minimum Gasteiger partial charge on any atom is -0.383 e. The van der Waals surface area contributed by atoms with Crippen molar-refractivity contribution in [2.75, 3.05) is 11.9 Å². The van der Waals surface area contributed by atoms with E-state index in [1.807, 2.05) is 12.1 Å². The van der Waals surface area contributed by atoms with Gasteiger partial charge in [-0.05, 0) is 17.7 Å². The molecule has 0 saturated carbocycles. The summed E-state index contributed by atoms with van der Waals surface area (Å²) in [5, 5.41) is 18.9. The SMILES string of the molecule is N#CC1CNc2cc3nc(-c4ncn[nH]4)[nH]c3cc21. The number of anilines is 1. The Kier molecular flexibility index (Phi) is 1.89. The van der Waals surface area contributed by atoms with Crippen molar-refractivity contribution in [3.8, 4) is 17.7 Å². The summed E-state index contributed by atoms with van der Waals surface area (Å²) in [6.07, 6.45) is 1.44. The second-order valence-electron chi connectivity index (χ2n) is 4.44. The molecule has 3 aromatic rings. The van der Waals surface area contributed by atoms with E-state index in [2.05, 4.69) is 36.5 Å². The number of hydrogen-bond donors (Lipinski definition) is 3. The van der Waals surface area contributed by atoms with Gasteiger partial charge in [0.25, 0.3) is 0 Å². The van der Waals surface area contributed by atoms with E-state index in [0.29, 0.717) is 18.2 Å². The molecule has 7 nitrogen and oxygen atoms in total. The van der Waals surface area contributed by atoms with Gasteiger partial charge in [-0.15, -0.1) is 0 Å². The van der Waals surface area contributed by atoms with Gasteiger partial charge < -0.3 is 10.3 Å². The van der Waals surface area contributed by atoms with E-state index in [9.17, 15) is 0 Å². The average Bonchev–Trinajstić information content (AvgIpc) is 3.14. The molecule has 3 N–H and O–H groups in total. The fourth-order valence-corrected chi connectivity index (χ4v) is 2.38. The number of hydrogen-bond acceptors (Lipinski definition) is 5. The smallest absolute Gasteiger partial charge is 0.191 e. The molecule has 1 unspecified atom stereocenters. The third-order valence-corrected chi connectivity index (χ3v) is 3.32. The molecule has 3 heterocycles. The van der Waals surface area contributed by atoms with Gasteiger partial charge in [-0.2, -0.15) is 10.4 Å². The van der Waals surface area contributed by atoms with Gasteiger partial charge in [0.15, 0.2) is 11.6 Å². The summed E-state index contributed by atoms with van der Waals surface area (Å²) in [6, 6.07) is 6.23. The van der Waals surface area contributed by atoms with Crippen LogP contribution in [0.5, 0.6) is 0 Å². The van der Waals surface area contributed by atoms with Gasteiger partial charge in [0.1, 0.15) is 6.33 Å². The normalized spacial score (nSPS) is 17.1. The molecule has 0 aliphatic carbocycles. The summed E-state index contributed by atoms with van der Waals surface area (Å²) in [4.78, 5) is 11.7. The predicted molar refractivity (Wildman–Crippen MR) is 68.3 cm³/mol. The predicted octanol–water partition coefficient (Wildman–Crippen LogP) is 1.38. The Labute approximate surface area is 107 Å². The van der Waals surface area contributed by atoms with Crippen LogP contribution in [0.25, 0.3) is 22.7 Å². The molecule has 7 heteroatoms. The van der Waals surface area contributed by atoms with Crippen molar-refractivity contribution in [1.82, 2.24) is 25.1 Å². The van der Waals surface area contributed by atoms with Crippen molar-refractivity contribution < 1.29 is 0 Å². The Hall–Kier alpha value is -2.88. The zero-order valence-corrected chi connectivity index (χ0v) is 9.81. The van der Waals surface area contributed by atoms with E-state index >= 15 is 0 Å². The van der Waals surface area contributed by atoms with E-state index in [-0.39, 0.29) is 5.92 Å². The summed E-state index contributed by atoms with van der Waals surface area (Å²) in [5.74, 6) is 1.14. The summed E-state index contributed by atoms with van der Waals surface area (Å²) >= 11 is 0. The number of nitrogens with one attached hydrogen (secondary N) is 3. The first-order valence-electron chi connectivity index (χ1n) is 5.88. The van der Waals surface area contributed by atoms with Gasteiger partial charge in [0.05, 0.1) is 23.0 Å². The van der Waals surface area contributed by atoms with Gasteiger partial charge in [0.2, 0.25) is 0 Å². The molecule has 1 aliphatic heterocycles. The second kappa shape index (κ2) is 3.55. The highest BCUT2D eigenvalue weighted by molar-refractivity contribution is 5.85. The third kappa shape index (κ3) is 1.40. The Bertz CT molecular complexity index is 793. The number of nitriles is 1. The number of fused-ring (bicyclic) bond motifs is 2. The third-order valence-electron chi connectivity index (χ3n) is 3.32. The van der Waals surface area contributed by atoms with Gasteiger partial charge in [-0.1, -0.05) is 0 Å². The Balaban J connectivity index is 1.90. The first-order valence-corrected chi connectivity index (χ1v) is 5.88. The lowest BCUT2D eigenvalue weighted by atomic mass is 10.0. The zero-order valence-electron chi connectivity index (χ0n) is 9.81. The van der Waals surface area contributed by atoms with Crippen LogP contribution in [0.4, 0.5) is 5.69 Å². The van der Waals surface area contributed by atoms with E-state index in [1.54, 1.807) is 0 Å². The van der Waals surface area contributed by atoms with Crippen molar-refractivity contribution in [2.45, 2.75) is 5.92 Å². The van der Waals surface area contributed by atoms with E-state index in [0.717, 1.165) is 22.3 Å². The molecular formula is C12H9N7. The number of imidazole rings is 1. The van der Waals surface area contributed by atoms with Crippen LogP contribution >= 0.6 is 0 Å². The van der Waals surface area contributed by atoms with Gasteiger partial charge in [0, 0.05) is 12.2 Å². The number of benzene rings is 1. The van der Waals surface area contributed by atoms with Crippen LogP contribution in [0.1, 0.15) is 11.5 Å². The van der Waals surface area contributed by atoms with E-state index in [4.69, 9.17) is 5.26 Å². The molecule has 0 saturated heterocycles. The highest BCUT2D eigenvalue weighted by atomic mass is 15.2. The minimum atomic E-state index is -0.101. The molecule has 0 radical (unpaired) electrons. The van der Waals surface area contributed by atoms with E-state index in [1.165, 1.54) is 6.33 Å². The Morgan fingerprint density at radius 3 is 3.05 bits per heavy atom. The largest absolute Gasteiger partial charge is 0.383 e. The lowest BCUT2D eigenvalue weighted by molar-refractivity contribution is 0.963. The first kappa shape index (κ1) is 10.1. The molecule has 2 aromatic heterocycles. The molecule has 19 heavy (non-hydrogen) atoms. The summed E-state index contributed by atoms with van der Waals surface area (Å²) in [6.45, 7) is 0.660. The maximum Gasteiger partial charge on any atom is 0.191 e. The van der Waals surface area contributed by atoms with E-state index < -0.39 is 0 Å². The second-order valence-corrected chi connectivity index (χ2v) is 4.44. The van der Waals surface area contributed by atoms with Crippen molar-refractivity contribution in [3.05, 3.63) is 24.0 Å². The molecular weight excluding hydrogens is 242 g/mol. The summed E-state index contributed by atoms with van der Waals surface area (Å²) < 4.78 is 0. The number of rotatable bonds is 1. The first-order chi connectivity index (χ1) is 9.35. The highest BCUT2D eigenvalue weighted by Gasteiger charge is 2.23. The number of aromatic amines is 2. The highest BCUT2D eigenvalue weighted by Crippen LogP contribution is 2.34. The molecule has 1 aromatic carbocycles. The molecule has 4 rings (SSSR count). The standard InChI is InChI=1S/C12H9N7/c13-3-6-4-14-8-2-10-9(1-7(6)8)17-12(18-10)11-15-5-16-19-11/h1-2,5-6,14H,4H2,(H,17,18)(H,15,16,19). The molecule has 1 aliphatic rings. The minimum absolute atomic E-state index is 0.101. The molecule has 0 fully saturated rings. The van der Waals surface area contributed by atoms with Crippen molar-refractivity contribution in [2.24, 2.45) is 0 Å². The quantitative estimate of drug-likeness (QED) is 0.605. The van der Waals surface area contributed by atoms with Gasteiger partial charge >= 0.3 is 0 Å². The number of nitrogens with zero attached hydrogens (tertiary/aromatic N) is 4. The van der Waals surface area contributed by atoms with Gasteiger partial charge in [-0.25, -0.2) is 9.97 Å². The number of aromatic nitrogens is 5. The molecule has 0 spiro atoms. The van der Waals surface area contributed by atoms with Crippen LogP contribution in [0.2, 0.25) is 0 Å². The van der Waals surface area contributed by atoms with Crippen molar-refractivity contribution in [1.29, 1.82) is 5.26 Å². The molecule has 0 amide bonds. The lowest BCUT2D eigenvalue weighted by Crippen LogP contribution is -1.97. The van der Waals surface area contributed by atoms with Crippen LogP contribution in [-0.4, -0.2) is 31.7 Å². The lowest BCUT2D eigenvalue weighted by Gasteiger charge is -1.99. The Morgan fingerprint density at radius 1 is 1.32 bits per heavy atom. The molecule has 1 atom stereocenters. The van der Waals surface area contributed by atoms with Crippen LogP contribution in [0.3, 0.4) is 0 Å². The molecule has 0 bridgehead atoms.